The fourth-order valence-electron chi connectivity index (χ4n) is 1.55. The summed E-state index contributed by atoms with van der Waals surface area (Å²) in [5.74, 6) is -1.35. The Morgan fingerprint density at radius 3 is 2.53 bits per heavy atom. The number of rotatable bonds is 1. The highest BCUT2D eigenvalue weighted by Crippen LogP contribution is 2.28. The molecule has 0 radical (unpaired) electrons. The Labute approximate surface area is 96.4 Å². The van der Waals surface area contributed by atoms with Crippen LogP contribution in [0.4, 0.5) is 8.78 Å². The van der Waals surface area contributed by atoms with Crippen LogP contribution in [0.5, 0.6) is 5.75 Å². The van der Waals surface area contributed by atoms with Crippen molar-refractivity contribution in [1.29, 1.82) is 5.26 Å². The molecule has 4 heteroatoms. The Kier molecular flexibility index (Phi) is 2.75. The average molecular weight is 231 g/mol. The van der Waals surface area contributed by atoms with E-state index in [0.29, 0.717) is 0 Å². The van der Waals surface area contributed by atoms with Gasteiger partial charge >= 0.3 is 0 Å². The van der Waals surface area contributed by atoms with Crippen LogP contribution in [0.2, 0.25) is 0 Å². The SMILES string of the molecule is N#Cc1cc(O)cc(-c2cc(F)ccc2F)c1. The summed E-state index contributed by atoms with van der Waals surface area (Å²) in [6.07, 6.45) is 0. The average Bonchev–Trinajstić information content (AvgIpc) is 2.31. The topological polar surface area (TPSA) is 44.0 Å². The molecule has 0 bridgehead atoms. The highest BCUT2D eigenvalue weighted by atomic mass is 19.1. The minimum absolute atomic E-state index is 0.0115. The third-order valence-corrected chi connectivity index (χ3v) is 2.29. The van der Waals surface area contributed by atoms with Crippen molar-refractivity contribution >= 4 is 0 Å². The zero-order valence-corrected chi connectivity index (χ0v) is 8.61. The molecule has 0 aliphatic carbocycles. The second-order valence-electron chi connectivity index (χ2n) is 3.50. The highest BCUT2D eigenvalue weighted by molar-refractivity contribution is 5.67. The first-order chi connectivity index (χ1) is 8.10. The molecule has 2 aromatic carbocycles. The number of benzene rings is 2. The summed E-state index contributed by atoms with van der Waals surface area (Å²) in [6, 6.07) is 8.78. The zero-order valence-electron chi connectivity index (χ0n) is 8.61. The normalized spacial score (nSPS) is 9.94. The Morgan fingerprint density at radius 2 is 1.82 bits per heavy atom. The predicted molar refractivity (Wildman–Crippen MR) is 58.2 cm³/mol. The lowest BCUT2D eigenvalue weighted by atomic mass is 10.0. The van der Waals surface area contributed by atoms with Crippen molar-refractivity contribution in [3.8, 4) is 22.9 Å². The van der Waals surface area contributed by atoms with Crippen molar-refractivity contribution in [2.45, 2.75) is 0 Å². The van der Waals surface area contributed by atoms with Gasteiger partial charge < -0.3 is 5.11 Å². The number of phenolic OH excluding ortho intramolecular Hbond substituents is 1. The van der Waals surface area contributed by atoms with Crippen LogP contribution < -0.4 is 0 Å². The van der Waals surface area contributed by atoms with E-state index < -0.39 is 11.6 Å². The highest BCUT2D eigenvalue weighted by Gasteiger charge is 2.08. The van der Waals surface area contributed by atoms with E-state index in [2.05, 4.69) is 0 Å². The van der Waals surface area contributed by atoms with Crippen molar-refractivity contribution in [3.05, 3.63) is 53.6 Å². The number of nitrogens with zero attached hydrogens (tertiary/aromatic N) is 1. The van der Waals surface area contributed by atoms with Gasteiger partial charge in [-0.05, 0) is 42.0 Å². The Hall–Kier alpha value is -2.41. The summed E-state index contributed by atoms with van der Waals surface area (Å²) in [5, 5.41) is 18.1. The van der Waals surface area contributed by atoms with Crippen LogP contribution in [0.25, 0.3) is 11.1 Å². The molecule has 0 saturated heterocycles. The molecular formula is C13H7F2NO. The molecule has 0 amide bonds. The van der Waals surface area contributed by atoms with Crippen LogP contribution >= 0.6 is 0 Å². The lowest BCUT2D eigenvalue weighted by molar-refractivity contribution is 0.475. The molecule has 2 aromatic rings. The first-order valence-corrected chi connectivity index (χ1v) is 4.80. The van der Waals surface area contributed by atoms with Crippen molar-refractivity contribution in [3.63, 3.8) is 0 Å². The number of hydrogen-bond acceptors (Lipinski definition) is 2. The molecule has 0 saturated carbocycles. The lowest BCUT2D eigenvalue weighted by Crippen LogP contribution is -1.87. The lowest BCUT2D eigenvalue weighted by Gasteiger charge is -2.05. The summed E-state index contributed by atoms with van der Waals surface area (Å²) < 4.78 is 26.5. The van der Waals surface area contributed by atoms with Crippen LogP contribution in [-0.2, 0) is 0 Å². The predicted octanol–water partition coefficient (Wildman–Crippen LogP) is 3.21. The first-order valence-electron chi connectivity index (χ1n) is 4.80. The van der Waals surface area contributed by atoms with Crippen LogP contribution in [0, 0.1) is 23.0 Å². The summed E-state index contributed by atoms with van der Waals surface area (Å²) in [4.78, 5) is 0. The molecule has 0 fully saturated rings. The third-order valence-electron chi connectivity index (χ3n) is 2.29. The maximum Gasteiger partial charge on any atom is 0.131 e. The van der Waals surface area contributed by atoms with Crippen molar-refractivity contribution < 1.29 is 13.9 Å². The van der Waals surface area contributed by atoms with Crippen molar-refractivity contribution in [2.24, 2.45) is 0 Å². The van der Waals surface area contributed by atoms with E-state index in [4.69, 9.17) is 5.26 Å². The summed E-state index contributed by atoms with van der Waals surface area (Å²) in [6.45, 7) is 0. The van der Waals surface area contributed by atoms with E-state index in [0.717, 1.165) is 18.2 Å². The molecule has 84 valence electrons. The molecule has 0 atom stereocenters. The number of halogens is 2. The molecule has 0 spiro atoms. The number of aromatic hydroxyl groups is 1. The maximum atomic E-state index is 13.5. The molecule has 0 heterocycles. The van der Waals surface area contributed by atoms with E-state index in [1.807, 2.05) is 6.07 Å². The van der Waals surface area contributed by atoms with Crippen LogP contribution in [0.1, 0.15) is 5.56 Å². The number of phenols is 1. The van der Waals surface area contributed by atoms with Gasteiger partial charge in [0.15, 0.2) is 0 Å². The molecule has 0 aliphatic rings. The minimum Gasteiger partial charge on any atom is -0.508 e. The monoisotopic (exact) mass is 231 g/mol. The summed E-state index contributed by atoms with van der Waals surface area (Å²) in [7, 11) is 0. The maximum absolute atomic E-state index is 13.5. The largest absolute Gasteiger partial charge is 0.508 e. The van der Waals surface area contributed by atoms with Gasteiger partial charge in [-0.15, -0.1) is 0 Å². The van der Waals surface area contributed by atoms with Gasteiger partial charge in [-0.1, -0.05) is 0 Å². The molecule has 0 aliphatic heterocycles. The first kappa shape index (κ1) is 11.1. The van der Waals surface area contributed by atoms with Gasteiger partial charge in [0.1, 0.15) is 17.4 Å². The van der Waals surface area contributed by atoms with Crippen molar-refractivity contribution in [1.82, 2.24) is 0 Å². The zero-order chi connectivity index (χ0) is 12.4. The second kappa shape index (κ2) is 4.22. The molecule has 0 aromatic heterocycles. The second-order valence-corrected chi connectivity index (χ2v) is 3.50. The molecule has 1 N–H and O–H groups in total. The number of nitriles is 1. The van der Waals surface area contributed by atoms with E-state index in [-0.39, 0.29) is 22.4 Å². The fourth-order valence-corrected chi connectivity index (χ4v) is 1.55. The standard InChI is InChI=1S/C13H7F2NO/c14-10-1-2-13(15)12(6-10)9-3-8(7-16)4-11(17)5-9/h1-6,17H. The summed E-state index contributed by atoms with van der Waals surface area (Å²) >= 11 is 0. The Balaban J connectivity index is 2.64. The fraction of sp³-hybridized carbons (Fsp3) is 0. The van der Waals surface area contributed by atoms with Gasteiger partial charge in [0.25, 0.3) is 0 Å². The third kappa shape index (κ3) is 2.23. The quantitative estimate of drug-likeness (QED) is 0.818. The molecular weight excluding hydrogens is 224 g/mol. The summed E-state index contributed by atoms with van der Waals surface area (Å²) in [5.41, 5.74) is 0.458. The van der Waals surface area contributed by atoms with Gasteiger partial charge in [0.05, 0.1) is 11.6 Å². The Morgan fingerprint density at radius 1 is 1.06 bits per heavy atom. The van der Waals surface area contributed by atoms with E-state index in [1.165, 1.54) is 18.2 Å². The minimum atomic E-state index is -0.610. The van der Waals surface area contributed by atoms with E-state index in [1.54, 1.807) is 0 Å². The molecule has 2 nitrogen and oxygen atoms in total. The van der Waals surface area contributed by atoms with Crippen LogP contribution in [0.15, 0.2) is 36.4 Å². The van der Waals surface area contributed by atoms with Crippen LogP contribution in [-0.4, -0.2) is 5.11 Å². The number of hydrogen-bond donors (Lipinski definition) is 1. The van der Waals surface area contributed by atoms with Gasteiger partial charge in [0, 0.05) is 5.56 Å². The van der Waals surface area contributed by atoms with Gasteiger partial charge in [-0.3, -0.25) is 0 Å². The Bertz CT molecular complexity index is 617. The van der Waals surface area contributed by atoms with Crippen molar-refractivity contribution in [2.75, 3.05) is 0 Å². The molecule has 0 unspecified atom stereocenters. The molecule has 2 rings (SSSR count). The van der Waals surface area contributed by atoms with E-state index in [9.17, 15) is 13.9 Å². The van der Waals surface area contributed by atoms with Crippen LogP contribution in [0.3, 0.4) is 0 Å². The molecule has 17 heavy (non-hydrogen) atoms. The van der Waals surface area contributed by atoms with Gasteiger partial charge in [-0.25, -0.2) is 8.78 Å². The van der Waals surface area contributed by atoms with E-state index >= 15 is 0 Å². The van der Waals surface area contributed by atoms with Gasteiger partial charge in [-0.2, -0.15) is 5.26 Å². The smallest absolute Gasteiger partial charge is 0.131 e. The van der Waals surface area contributed by atoms with Gasteiger partial charge in [0.2, 0.25) is 0 Å².